The van der Waals surface area contributed by atoms with Gasteiger partial charge in [-0.3, -0.25) is 4.79 Å². The van der Waals surface area contributed by atoms with E-state index in [-0.39, 0.29) is 34.7 Å². The van der Waals surface area contributed by atoms with Crippen molar-refractivity contribution in [3.8, 4) is 0 Å². The van der Waals surface area contributed by atoms with Crippen LogP contribution in [-0.2, 0) is 11.2 Å². The Hall–Kier alpha value is -2.04. The lowest BCUT2D eigenvalue weighted by Gasteiger charge is -2.36. The summed E-state index contributed by atoms with van der Waals surface area (Å²) in [6.07, 6.45) is 0.330. The van der Waals surface area contributed by atoms with Gasteiger partial charge in [-0.1, -0.05) is 74.4 Å². The lowest BCUT2D eigenvalue weighted by atomic mass is 9.77. The number of ether oxygens (including phenoxy) is 1. The van der Waals surface area contributed by atoms with Gasteiger partial charge in [0.25, 0.3) is 5.91 Å². The van der Waals surface area contributed by atoms with E-state index >= 15 is 0 Å². The van der Waals surface area contributed by atoms with E-state index < -0.39 is 6.09 Å². The Labute approximate surface area is 183 Å². The van der Waals surface area contributed by atoms with Crippen molar-refractivity contribution in [3.63, 3.8) is 0 Å². The molecule has 3 atom stereocenters. The van der Waals surface area contributed by atoms with Crippen LogP contribution in [0.1, 0.15) is 78.2 Å². The zero-order valence-corrected chi connectivity index (χ0v) is 20.6. The van der Waals surface area contributed by atoms with Crippen LogP contribution in [0.4, 0.5) is 4.79 Å². The van der Waals surface area contributed by atoms with Crippen molar-refractivity contribution in [2.24, 2.45) is 22.7 Å². The molecule has 0 saturated heterocycles. The molecule has 0 aliphatic carbocycles. The maximum Gasteiger partial charge on any atom is 0.407 e. The third kappa shape index (κ3) is 7.66. The maximum absolute atomic E-state index is 12.9. The average Bonchev–Trinajstić information content (AvgIpc) is 2.61. The highest BCUT2D eigenvalue weighted by atomic mass is 16.5. The maximum atomic E-state index is 12.9. The van der Waals surface area contributed by atoms with Gasteiger partial charge in [0.2, 0.25) is 0 Å². The molecule has 5 heteroatoms. The minimum Gasteiger partial charge on any atom is -0.453 e. The Morgan fingerprint density at radius 1 is 0.933 bits per heavy atom. The Balaban J connectivity index is 3.00. The molecule has 5 nitrogen and oxygen atoms in total. The van der Waals surface area contributed by atoms with Gasteiger partial charge in [0.15, 0.2) is 0 Å². The topological polar surface area (TPSA) is 67.4 Å². The monoisotopic (exact) mass is 418 g/mol. The van der Waals surface area contributed by atoms with Crippen LogP contribution in [0.5, 0.6) is 0 Å². The predicted octanol–water partition coefficient (Wildman–Crippen LogP) is 5.44. The number of nitrogens with one attached hydrogen (secondary N) is 2. The number of hydrogen-bond donors (Lipinski definition) is 2. The van der Waals surface area contributed by atoms with E-state index in [4.69, 9.17) is 4.74 Å². The second kappa shape index (κ2) is 10.3. The van der Waals surface area contributed by atoms with Gasteiger partial charge in [0, 0.05) is 17.6 Å². The first kappa shape index (κ1) is 26.0. The van der Waals surface area contributed by atoms with Crippen LogP contribution in [-0.4, -0.2) is 31.2 Å². The Bertz CT molecular complexity index is 714. The standard InChI is InChI=1S/C25H42N2O3/c1-16(2)20(24(4,5)6)26-22(28)19-13-11-12-18(15-19)14-17(3)21(25(7,8)9)27-23(29)30-10/h11-13,15-17,20-21H,14H2,1-10H3,(H,26,28)(H,27,29). The molecule has 0 heterocycles. The zero-order valence-electron chi connectivity index (χ0n) is 20.6. The first-order valence-corrected chi connectivity index (χ1v) is 10.9. The van der Waals surface area contributed by atoms with Crippen LogP contribution in [0.25, 0.3) is 0 Å². The molecule has 3 unspecified atom stereocenters. The number of carbonyl (C=O) groups excluding carboxylic acids is 2. The lowest BCUT2D eigenvalue weighted by molar-refractivity contribution is 0.0873. The summed E-state index contributed by atoms with van der Waals surface area (Å²) < 4.78 is 4.81. The minimum atomic E-state index is -0.420. The number of alkyl carbamates (subject to hydrolysis) is 1. The van der Waals surface area contributed by atoms with E-state index in [1.165, 1.54) is 7.11 Å². The van der Waals surface area contributed by atoms with Crippen molar-refractivity contribution in [1.29, 1.82) is 0 Å². The molecule has 2 amide bonds. The molecule has 30 heavy (non-hydrogen) atoms. The van der Waals surface area contributed by atoms with E-state index in [0.29, 0.717) is 11.5 Å². The number of carbonyl (C=O) groups is 2. The average molecular weight is 419 g/mol. The molecule has 0 aliphatic heterocycles. The lowest BCUT2D eigenvalue weighted by Crippen LogP contribution is -2.48. The van der Waals surface area contributed by atoms with Crippen LogP contribution < -0.4 is 10.6 Å². The highest BCUT2D eigenvalue weighted by Gasteiger charge is 2.32. The molecular weight excluding hydrogens is 376 g/mol. The molecule has 2 N–H and O–H groups in total. The first-order valence-electron chi connectivity index (χ1n) is 10.9. The third-order valence-electron chi connectivity index (χ3n) is 5.59. The molecule has 0 fully saturated rings. The highest BCUT2D eigenvalue weighted by Crippen LogP contribution is 2.28. The third-order valence-corrected chi connectivity index (χ3v) is 5.59. The molecule has 0 saturated carbocycles. The molecule has 0 radical (unpaired) electrons. The summed E-state index contributed by atoms with van der Waals surface area (Å²) in [7, 11) is 1.38. The van der Waals surface area contributed by atoms with Crippen molar-refractivity contribution in [1.82, 2.24) is 10.6 Å². The number of benzene rings is 1. The summed E-state index contributed by atoms with van der Waals surface area (Å²) in [6.45, 7) is 19.1. The SMILES string of the molecule is COC(=O)NC(C(C)Cc1cccc(C(=O)NC(C(C)C)C(C)(C)C)c1)C(C)(C)C. The molecule has 1 rings (SSSR count). The van der Waals surface area contributed by atoms with E-state index in [1.54, 1.807) is 0 Å². The first-order chi connectivity index (χ1) is 13.7. The Morgan fingerprint density at radius 3 is 1.97 bits per heavy atom. The van der Waals surface area contributed by atoms with E-state index in [2.05, 4.69) is 72.9 Å². The van der Waals surface area contributed by atoms with E-state index in [1.807, 2.05) is 24.3 Å². The minimum absolute atomic E-state index is 0.0184. The quantitative estimate of drug-likeness (QED) is 0.620. The van der Waals surface area contributed by atoms with Gasteiger partial charge in [-0.2, -0.15) is 0 Å². The highest BCUT2D eigenvalue weighted by molar-refractivity contribution is 5.94. The van der Waals surface area contributed by atoms with Crippen molar-refractivity contribution in [2.45, 2.75) is 80.8 Å². The second-order valence-electron chi connectivity index (χ2n) is 10.9. The second-order valence-corrected chi connectivity index (χ2v) is 10.9. The molecular formula is C25H42N2O3. The van der Waals surface area contributed by atoms with Crippen molar-refractivity contribution < 1.29 is 14.3 Å². The van der Waals surface area contributed by atoms with Gasteiger partial charge in [-0.05, 0) is 46.8 Å². The molecule has 0 bridgehead atoms. The van der Waals surface area contributed by atoms with Gasteiger partial charge < -0.3 is 15.4 Å². The summed E-state index contributed by atoms with van der Waals surface area (Å²) in [4.78, 5) is 24.8. The molecule has 1 aromatic carbocycles. The van der Waals surface area contributed by atoms with Crippen LogP contribution in [0.2, 0.25) is 0 Å². The smallest absolute Gasteiger partial charge is 0.407 e. The largest absolute Gasteiger partial charge is 0.453 e. The van der Waals surface area contributed by atoms with Crippen LogP contribution in [0.3, 0.4) is 0 Å². The molecule has 0 spiro atoms. The Kier molecular flexibility index (Phi) is 8.94. The summed E-state index contributed by atoms with van der Waals surface area (Å²) >= 11 is 0. The van der Waals surface area contributed by atoms with E-state index in [0.717, 1.165) is 12.0 Å². The number of methoxy groups -OCH3 is 1. The van der Waals surface area contributed by atoms with Crippen molar-refractivity contribution in [2.75, 3.05) is 7.11 Å². The van der Waals surface area contributed by atoms with Gasteiger partial charge >= 0.3 is 6.09 Å². The fraction of sp³-hybridized carbons (Fsp3) is 0.680. The molecule has 170 valence electrons. The van der Waals surface area contributed by atoms with Crippen LogP contribution >= 0.6 is 0 Å². The van der Waals surface area contributed by atoms with Gasteiger partial charge in [0.05, 0.1) is 7.11 Å². The van der Waals surface area contributed by atoms with Crippen LogP contribution in [0.15, 0.2) is 24.3 Å². The molecule has 0 aromatic heterocycles. The number of rotatable bonds is 7. The van der Waals surface area contributed by atoms with Gasteiger partial charge in [-0.25, -0.2) is 4.79 Å². The fourth-order valence-corrected chi connectivity index (χ4v) is 4.34. The summed E-state index contributed by atoms with van der Waals surface area (Å²) in [6, 6.07) is 7.81. The zero-order chi connectivity index (χ0) is 23.3. The van der Waals surface area contributed by atoms with Crippen LogP contribution in [0, 0.1) is 22.7 Å². The normalized spacial score (nSPS) is 15.3. The molecule has 1 aromatic rings. The fourth-order valence-electron chi connectivity index (χ4n) is 4.34. The van der Waals surface area contributed by atoms with Crippen molar-refractivity contribution in [3.05, 3.63) is 35.4 Å². The number of amides is 2. The summed E-state index contributed by atoms with van der Waals surface area (Å²) in [5.41, 5.74) is 1.60. The number of hydrogen-bond acceptors (Lipinski definition) is 3. The van der Waals surface area contributed by atoms with Crippen molar-refractivity contribution >= 4 is 12.0 Å². The summed E-state index contributed by atoms with van der Waals surface area (Å²) in [5, 5.41) is 6.20. The Morgan fingerprint density at radius 2 is 1.50 bits per heavy atom. The molecule has 0 aliphatic rings. The predicted molar refractivity (Wildman–Crippen MR) is 124 cm³/mol. The van der Waals surface area contributed by atoms with E-state index in [9.17, 15) is 9.59 Å². The summed E-state index contributed by atoms with van der Waals surface area (Å²) in [5.74, 6) is 0.465. The van der Waals surface area contributed by atoms with Gasteiger partial charge in [-0.15, -0.1) is 0 Å². The van der Waals surface area contributed by atoms with Gasteiger partial charge in [0.1, 0.15) is 0 Å².